The van der Waals surface area contributed by atoms with Crippen molar-refractivity contribution in [2.75, 3.05) is 6.54 Å². The fourth-order valence-corrected chi connectivity index (χ4v) is 2.05. The zero-order valence-electron chi connectivity index (χ0n) is 8.16. The van der Waals surface area contributed by atoms with Crippen molar-refractivity contribution in [1.82, 2.24) is 0 Å². The number of rotatable bonds is 4. The van der Waals surface area contributed by atoms with Crippen LogP contribution in [0.3, 0.4) is 0 Å². The largest absolute Gasteiger partial charge is 0.388 e. The molecular weight excluding hydrogens is 182 g/mol. The van der Waals surface area contributed by atoms with Crippen molar-refractivity contribution in [3.63, 3.8) is 0 Å². The van der Waals surface area contributed by atoms with E-state index in [0.29, 0.717) is 13.0 Å². The summed E-state index contributed by atoms with van der Waals surface area (Å²) in [6.45, 7) is 4.32. The molecule has 0 aliphatic rings. The van der Waals surface area contributed by atoms with Crippen molar-refractivity contribution in [1.29, 1.82) is 0 Å². The molecule has 74 valence electrons. The number of hydrogen-bond acceptors (Lipinski definition) is 3. The first kappa shape index (κ1) is 10.7. The second kappa shape index (κ2) is 4.22. The van der Waals surface area contributed by atoms with Gasteiger partial charge in [0.1, 0.15) is 0 Å². The number of aliphatic hydroxyl groups is 1. The standard InChI is InChI=1S/C10H17NOS/c1-8(2)10(12,7-11)6-9-4-3-5-13-9/h3-5,8,12H,6-7,11H2,1-2H3. The molecule has 1 atom stereocenters. The van der Waals surface area contributed by atoms with Crippen molar-refractivity contribution < 1.29 is 5.11 Å². The van der Waals surface area contributed by atoms with E-state index in [1.54, 1.807) is 11.3 Å². The molecule has 0 bridgehead atoms. The molecule has 0 aliphatic carbocycles. The van der Waals surface area contributed by atoms with Crippen molar-refractivity contribution in [2.45, 2.75) is 25.9 Å². The van der Waals surface area contributed by atoms with Gasteiger partial charge in [-0.05, 0) is 17.4 Å². The molecule has 3 heteroatoms. The Morgan fingerprint density at radius 3 is 2.69 bits per heavy atom. The van der Waals surface area contributed by atoms with Gasteiger partial charge in [-0.15, -0.1) is 11.3 Å². The molecule has 2 nitrogen and oxygen atoms in total. The van der Waals surface area contributed by atoms with Crippen LogP contribution in [0.15, 0.2) is 17.5 Å². The third-order valence-corrected chi connectivity index (χ3v) is 3.37. The Balaban J connectivity index is 2.69. The van der Waals surface area contributed by atoms with Crippen LogP contribution in [0.25, 0.3) is 0 Å². The van der Waals surface area contributed by atoms with E-state index in [9.17, 15) is 5.11 Å². The minimum absolute atomic E-state index is 0.194. The molecule has 1 heterocycles. The van der Waals surface area contributed by atoms with E-state index < -0.39 is 5.60 Å². The molecule has 0 saturated carbocycles. The van der Waals surface area contributed by atoms with Gasteiger partial charge in [-0.2, -0.15) is 0 Å². The van der Waals surface area contributed by atoms with Gasteiger partial charge in [-0.1, -0.05) is 19.9 Å². The van der Waals surface area contributed by atoms with E-state index in [1.807, 2.05) is 31.4 Å². The van der Waals surface area contributed by atoms with Crippen molar-refractivity contribution in [3.05, 3.63) is 22.4 Å². The zero-order valence-corrected chi connectivity index (χ0v) is 8.97. The van der Waals surface area contributed by atoms with Crippen LogP contribution < -0.4 is 5.73 Å². The summed E-state index contributed by atoms with van der Waals surface area (Å²) in [5.74, 6) is 0.194. The van der Waals surface area contributed by atoms with Crippen LogP contribution in [-0.2, 0) is 6.42 Å². The highest BCUT2D eigenvalue weighted by Crippen LogP contribution is 2.23. The maximum absolute atomic E-state index is 10.2. The van der Waals surface area contributed by atoms with Crippen LogP contribution in [0.1, 0.15) is 18.7 Å². The van der Waals surface area contributed by atoms with Gasteiger partial charge in [0.2, 0.25) is 0 Å². The molecule has 0 radical (unpaired) electrons. The summed E-state index contributed by atoms with van der Waals surface area (Å²) in [4.78, 5) is 1.20. The van der Waals surface area contributed by atoms with Gasteiger partial charge in [0, 0.05) is 17.8 Å². The van der Waals surface area contributed by atoms with Gasteiger partial charge in [0.25, 0.3) is 0 Å². The van der Waals surface area contributed by atoms with Crippen molar-refractivity contribution >= 4 is 11.3 Å². The predicted octanol–water partition coefficient (Wildman–Crippen LogP) is 1.64. The van der Waals surface area contributed by atoms with Crippen LogP contribution in [0.4, 0.5) is 0 Å². The Morgan fingerprint density at radius 2 is 2.31 bits per heavy atom. The predicted molar refractivity (Wildman–Crippen MR) is 56.9 cm³/mol. The Hall–Kier alpha value is -0.380. The second-order valence-electron chi connectivity index (χ2n) is 3.72. The molecule has 0 spiro atoms. The van der Waals surface area contributed by atoms with E-state index in [-0.39, 0.29) is 5.92 Å². The minimum Gasteiger partial charge on any atom is -0.388 e. The quantitative estimate of drug-likeness (QED) is 0.774. The van der Waals surface area contributed by atoms with Crippen LogP contribution in [0.5, 0.6) is 0 Å². The topological polar surface area (TPSA) is 46.2 Å². The SMILES string of the molecule is CC(C)C(O)(CN)Cc1cccs1. The molecule has 1 unspecified atom stereocenters. The number of thiophene rings is 1. The molecule has 1 aromatic heterocycles. The summed E-state index contributed by atoms with van der Waals surface area (Å²) in [6.07, 6.45) is 0.666. The molecular formula is C10H17NOS. The molecule has 0 fully saturated rings. The Morgan fingerprint density at radius 1 is 1.62 bits per heavy atom. The van der Waals surface area contributed by atoms with Crippen LogP contribution in [0.2, 0.25) is 0 Å². The summed E-state index contributed by atoms with van der Waals surface area (Å²) < 4.78 is 0. The lowest BCUT2D eigenvalue weighted by molar-refractivity contribution is 0.00479. The molecule has 3 N–H and O–H groups in total. The van der Waals surface area contributed by atoms with Gasteiger partial charge in [0.15, 0.2) is 0 Å². The maximum atomic E-state index is 10.2. The van der Waals surface area contributed by atoms with E-state index in [0.717, 1.165) is 0 Å². The van der Waals surface area contributed by atoms with Gasteiger partial charge < -0.3 is 10.8 Å². The zero-order chi connectivity index (χ0) is 9.90. The average molecular weight is 199 g/mol. The van der Waals surface area contributed by atoms with Gasteiger partial charge >= 0.3 is 0 Å². The van der Waals surface area contributed by atoms with E-state index in [1.165, 1.54) is 4.88 Å². The maximum Gasteiger partial charge on any atom is 0.0840 e. The highest BCUT2D eigenvalue weighted by Gasteiger charge is 2.29. The Bertz CT molecular complexity index is 245. The molecule has 0 amide bonds. The first-order valence-electron chi connectivity index (χ1n) is 4.53. The highest BCUT2D eigenvalue weighted by atomic mass is 32.1. The Labute approximate surface area is 83.4 Å². The molecule has 13 heavy (non-hydrogen) atoms. The summed E-state index contributed by atoms with van der Waals surface area (Å²) >= 11 is 1.67. The molecule has 0 saturated heterocycles. The lowest BCUT2D eigenvalue weighted by Crippen LogP contribution is -2.44. The molecule has 0 aromatic carbocycles. The van der Waals surface area contributed by atoms with E-state index in [4.69, 9.17) is 5.73 Å². The summed E-state index contributed by atoms with van der Waals surface area (Å²) in [7, 11) is 0. The van der Waals surface area contributed by atoms with Gasteiger partial charge in [-0.25, -0.2) is 0 Å². The van der Waals surface area contributed by atoms with E-state index in [2.05, 4.69) is 0 Å². The third-order valence-electron chi connectivity index (χ3n) is 2.49. The first-order chi connectivity index (χ1) is 6.08. The first-order valence-corrected chi connectivity index (χ1v) is 5.41. The van der Waals surface area contributed by atoms with Crippen molar-refractivity contribution in [2.24, 2.45) is 11.7 Å². The summed E-state index contributed by atoms with van der Waals surface area (Å²) in [6, 6.07) is 4.03. The molecule has 0 aliphatic heterocycles. The minimum atomic E-state index is -0.745. The highest BCUT2D eigenvalue weighted by molar-refractivity contribution is 7.09. The summed E-state index contributed by atoms with van der Waals surface area (Å²) in [5.41, 5.74) is 4.83. The van der Waals surface area contributed by atoms with Crippen molar-refractivity contribution in [3.8, 4) is 0 Å². The van der Waals surface area contributed by atoms with Crippen LogP contribution >= 0.6 is 11.3 Å². The van der Waals surface area contributed by atoms with Gasteiger partial charge in [-0.3, -0.25) is 0 Å². The number of hydrogen-bond donors (Lipinski definition) is 2. The third kappa shape index (κ3) is 2.53. The number of nitrogens with two attached hydrogens (primary N) is 1. The van der Waals surface area contributed by atoms with Gasteiger partial charge in [0.05, 0.1) is 5.60 Å². The fraction of sp³-hybridized carbons (Fsp3) is 0.600. The molecule has 1 aromatic rings. The lowest BCUT2D eigenvalue weighted by atomic mass is 9.87. The lowest BCUT2D eigenvalue weighted by Gasteiger charge is -2.30. The second-order valence-corrected chi connectivity index (χ2v) is 4.75. The van der Waals surface area contributed by atoms with Crippen LogP contribution in [-0.4, -0.2) is 17.3 Å². The fourth-order valence-electron chi connectivity index (χ4n) is 1.23. The van der Waals surface area contributed by atoms with E-state index >= 15 is 0 Å². The Kier molecular flexibility index (Phi) is 3.47. The smallest absolute Gasteiger partial charge is 0.0840 e. The monoisotopic (exact) mass is 199 g/mol. The van der Waals surface area contributed by atoms with Crippen LogP contribution in [0, 0.1) is 5.92 Å². The average Bonchev–Trinajstić information content (AvgIpc) is 2.56. The summed E-state index contributed by atoms with van der Waals surface area (Å²) in [5, 5.41) is 12.2. The normalized spacial score (nSPS) is 16.1. The molecule has 1 rings (SSSR count).